The van der Waals surface area contributed by atoms with Gasteiger partial charge in [0.05, 0.1) is 23.8 Å². The number of nitrogens with zero attached hydrogens (tertiary/aromatic N) is 2. The summed E-state index contributed by atoms with van der Waals surface area (Å²) in [7, 11) is 0. The number of benzene rings is 2. The van der Waals surface area contributed by atoms with Gasteiger partial charge in [-0.05, 0) is 60.0 Å². The Morgan fingerprint density at radius 2 is 1.91 bits per heavy atom. The Labute approximate surface area is 209 Å². The van der Waals surface area contributed by atoms with Crippen LogP contribution in [0.1, 0.15) is 63.9 Å². The minimum absolute atomic E-state index is 0.0618. The molecule has 180 valence electrons. The first kappa shape index (κ1) is 23.3. The van der Waals surface area contributed by atoms with Gasteiger partial charge in [0, 0.05) is 17.0 Å². The Morgan fingerprint density at radius 3 is 2.69 bits per heavy atom. The summed E-state index contributed by atoms with van der Waals surface area (Å²) in [5.41, 5.74) is 2.58. The fraction of sp³-hybridized carbons (Fsp3) is 0.321. The monoisotopic (exact) mass is 487 g/mol. The number of carbonyl (C=O) groups is 3. The van der Waals surface area contributed by atoms with Gasteiger partial charge in [-0.3, -0.25) is 14.4 Å². The molecule has 2 atom stereocenters. The van der Waals surface area contributed by atoms with Crippen LogP contribution in [0, 0.1) is 5.92 Å². The van der Waals surface area contributed by atoms with Crippen molar-refractivity contribution in [1.29, 1.82) is 0 Å². The summed E-state index contributed by atoms with van der Waals surface area (Å²) >= 11 is 1.64. The Kier molecular flexibility index (Phi) is 6.43. The molecule has 0 unspecified atom stereocenters. The van der Waals surface area contributed by atoms with Crippen LogP contribution in [-0.2, 0) is 11.3 Å². The van der Waals surface area contributed by atoms with Gasteiger partial charge in [0.15, 0.2) is 0 Å². The lowest BCUT2D eigenvalue weighted by Crippen LogP contribution is -2.44. The van der Waals surface area contributed by atoms with Crippen LogP contribution in [0.25, 0.3) is 0 Å². The maximum Gasteiger partial charge on any atom is 0.256 e. The van der Waals surface area contributed by atoms with Crippen LogP contribution in [0.5, 0.6) is 0 Å². The highest BCUT2D eigenvalue weighted by molar-refractivity contribution is 7.10. The van der Waals surface area contributed by atoms with Gasteiger partial charge < -0.3 is 15.1 Å². The summed E-state index contributed by atoms with van der Waals surface area (Å²) in [6.07, 6.45) is 1.51. The molecule has 1 fully saturated rings. The van der Waals surface area contributed by atoms with E-state index >= 15 is 0 Å². The van der Waals surface area contributed by atoms with Gasteiger partial charge in [-0.15, -0.1) is 11.3 Å². The molecule has 1 saturated heterocycles. The molecule has 3 amide bonds. The van der Waals surface area contributed by atoms with Crippen LogP contribution in [0.4, 0.5) is 5.69 Å². The van der Waals surface area contributed by atoms with Crippen LogP contribution in [0.15, 0.2) is 66.0 Å². The second kappa shape index (κ2) is 9.66. The second-order valence-electron chi connectivity index (χ2n) is 9.51. The van der Waals surface area contributed by atoms with E-state index in [2.05, 4.69) is 19.2 Å². The van der Waals surface area contributed by atoms with E-state index < -0.39 is 6.04 Å². The standard InChI is InChI=1S/C28H29N3O3S/c1-18(2)25(24-13-7-15-35-24)29-26(32)20-9-5-8-19(16-20)17-31-22-11-4-3-10-21(22)27(33)30-14-6-12-23(30)28(31)34/h3-5,7-11,13,15-16,18,23,25H,6,12,14,17H2,1-2H3,(H,29,32)/t23-,25+/m0/s1. The van der Waals surface area contributed by atoms with E-state index in [9.17, 15) is 14.4 Å². The van der Waals surface area contributed by atoms with Crippen LogP contribution in [0.2, 0.25) is 0 Å². The average molecular weight is 488 g/mol. The molecule has 35 heavy (non-hydrogen) atoms. The topological polar surface area (TPSA) is 69.7 Å². The van der Waals surface area contributed by atoms with Crippen molar-refractivity contribution in [3.05, 3.63) is 87.6 Å². The summed E-state index contributed by atoms with van der Waals surface area (Å²) in [5.74, 6) is -0.0359. The third-order valence-electron chi connectivity index (χ3n) is 6.82. The lowest BCUT2D eigenvalue weighted by molar-refractivity contribution is -0.122. The zero-order valence-electron chi connectivity index (χ0n) is 19.9. The van der Waals surface area contributed by atoms with Crippen molar-refractivity contribution in [2.75, 3.05) is 11.4 Å². The van der Waals surface area contributed by atoms with Crippen molar-refractivity contribution < 1.29 is 14.4 Å². The van der Waals surface area contributed by atoms with Gasteiger partial charge >= 0.3 is 0 Å². The Bertz CT molecular complexity index is 1250. The van der Waals surface area contributed by atoms with Crippen molar-refractivity contribution in [2.24, 2.45) is 5.92 Å². The Hall–Kier alpha value is -3.45. The molecule has 0 radical (unpaired) electrons. The highest BCUT2D eigenvalue weighted by Crippen LogP contribution is 2.33. The molecule has 6 nitrogen and oxygen atoms in total. The lowest BCUT2D eigenvalue weighted by Gasteiger charge is -2.26. The molecule has 1 N–H and O–H groups in total. The molecule has 1 aromatic heterocycles. The third kappa shape index (κ3) is 4.48. The van der Waals surface area contributed by atoms with E-state index in [1.165, 1.54) is 0 Å². The van der Waals surface area contributed by atoms with E-state index in [4.69, 9.17) is 0 Å². The van der Waals surface area contributed by atoms with Gasteiger partial charge in [-0.1, -0.05) is 44.2 Å². The number of thiophene rings is 1. The minimum atomic E-state index is -0.432. The summed E-state index contributed by atoms with van der Waals surface area (Å²) in [6, 6.07) is 18.3. The van der Waals surface area contributed by atoms with E-state index in [0.717, 1.165) is 16.9 Å². The average Bonchev–Trinajstić information content (AvgIpc) is 3.56. The number of nitrogens with one attached hydrogen (secondary N) is 1. The number of fused-ring (bicyclic) bond motifs is 2. The Morgan fingerprint density at radius 1 is 1.09 bits per heavy atom. The highest BCUT2D eigenvalue weighted by atomic mass is 32.1. The SMILES string of the molecule is CC(C)[C@@H](NC(=O)c1cccc(CN2C(=O)[C@@H]3CCCN3C(=O)c3ccccc32)c1)c1cccs1. The molecule has 0 spiro atoms. The highest BCUT2D eigenvalue weighted by Gasteiger charge is 2.41. The van der Waals surface area contributed by atoms with Crippen molar-refractivity contribution in [1.82, 2.24) is 10.2 Å². The summed E-state index contributed by atoms with van der Waals surface area (Å²) in [5, 5.41) is 5.19. The predicted octanol–water partition coefficient (Wildman–Crippen LogP) is 5.03. The van der Waals surface area contributed by atoms with Crippen molar-refractivity contribution in [3.8, 4) is 0 Å². The van der Waals surface area contributed by atoms with Crippen LogP contribution < -0.4 is 10.2 Å². The fourth-order valence-corrected chi connectivity index (χ4v) is 5.97. The van der Waals surface area contributed by atoms with E-state index in [1.54, 1.807) is 33.3 Å². The number of hydrogen-bond donors (Lipinski definition) is 1. The van der Waals surface area contributed by atoms with Gasteiger partial charge in [-0.2, -0.15) is 0 Å². The predicted molar refractivity (Wildman–Crippen MR) is 137 cm³/mol. The fourth-order valence-electron chi connectivity index (χ4n) is 5.03. The minimum Gasteiger partial charge on any atom is -0.344 e. The van der Waals surface area contributed by atoms with Gasteiger partial charge in [0.1, 0.15) is 6.04 Å². The molecule has 0 aliphatic carbocycles. The lowest BCUT2D eigenvalue weighted by atomic mass is 10.0. The molecular formula is C28H29N3O3S. The first-order chi connectivity index (χ1) is 16.9. The maximum atomic E-state index is 13.6. The summed E-state index contributed by atoms with van der Waals surface area (Å²) < 4.78 is 0. The largest absolute Gasteiger partial charge is 0.344 e. The molecule has 2 aliphatic rings. The molecule has 2 aromatic carbocycles. The number of amides is 3. The number of anilines is 1. The second-order valence-corrected chi connectivity index (χ2v) is 10.5. The van der Waals surface area contributed by atoms with E-state index in [0.29, 0.717) is 36.3 Å². The summed E-state index contributed by atoms with van der Waals surface area (Å²) in [6.45, 7) is 5.09. The third-order valence-corrected chi connectivity index (χ3v) is 7.78. The first-order valence-corrected chi connectivity index (χ1v) is 13.0. The van der Waals surface area contributed by atoms with Crippen LogP contribution in [0.3, 0.4) is 0 Å². The van der Waals surface area contributed by atoms with Gasteiger partial charge in [-0.25, -0.2) is 0 Å². The molecule has 0 saturated carbocycles. The number of para-hydroxylation sites is 1. The van der Waals surface area contributed by atoms with Crippen LogP contribution in [-0.4, -0.2) is 35.2 Å². The normalized spacial score (nSPS) is 18.3. The van der Waals surface area contributed by atoms with Crippen LogP contribution >= 0.6 is 11.3 Å². The summed E-state index contributed by atoms with van der Waals surface area (Å²) in [4.78, 5) is 44.4. The quantitative estimate of drug-likeness (QED) is 0.530. The maximum absolute atomic E-state index is 13.6. The molecule has 0 bridgehead atoms. The Balaban J connectivity index is 1.42. The molecule has 3 heterocycles. The smallest absolute Gasteiger partial charge is 0.256 e. The van der Waals surface area contributed by atoms with Gasteiger partial charge in [0.2, 0.25) is 5.91 Å². The molecule has 5 rings (SSSR count). The van der Waals surface area contributed by atoms with Gasteiger partial charge in [0.25, 0.3) is 11.8 Å². The van der Waals surface area contributed by atoms with Crippen molar-refractivity contribution in [3.63, 3.8) is 0 Å². The zero-order chi connectivity index (χ0) is 24.5. The molecule has 2 aliphatic heterocycles. The molecular weight excluding hydrogens is 458 g/mol. The van der Waals surface area contributed by atoms with E-state index in [1.807, 2.05) is 53.9 Å². The number of carbonyl (C=O) groups excluding carboxylic acids is 3. The number of hydrogen-bond acceptors (Lipinski definition) is 4. The van der Waals surface area contributed by atoms with Crippen molar-refractivity contribution in [2.45, 2.75) is 45.3 Å². The zero-order valence-corrected chi connectivity index (χ0v) is 20.8. The van der Waals surface area contributed by atoms with E-state index in [-0.39, 0.29) is 29.7 Å². The number of rotatable bonds is 6. The van der Waals surface area contributed by atoms with Crippen molar-refractivity contribution >= 4 is 34.7 Å². The molecule has 7 heteroatoms. The first-order valence-electron chi connectivity index (χ1n) is 12.1. The molecule has 3 aromatic rings.